The van der Waals surface area contributed by atoms with E-state index in [9.17, 15) is 14.3 Å². The number of benzene rings is 2. The molecule has 6 heteroatoms. The maximum Gasteiger partial charge on any atom is 0.228 e. The topological polar surface area (TPSA) is 53.4 Å². The van der Waals surface area contributed by atoms with E-state index in [0.717, 1.165) is 5.56 Å². The molecule has 0 aliphatic carbocycles. The highest BCUT2D eigenvalue weighted by atomic mass is 32.1. The highest BCUT2D eigenvalue weighted by Crippen LogP contribution is 2.24. The summed E-state index contributed by atoms with van der Waals surface area (Å²) in [5.74, 6) is -0.411. The van der Waals surface area contributed by atoms with E-state index in [2.05, 4.69) is 4.98 Å². The second kappa shape index (κ2) is 8.69. The number of aliphatic hydroxyl groups is 1. The Morgan fingerprint density at radius 2 is 1.96 bits per heavy atom. The average Bonchev–Trinajstić information content (AvgIpc) is 3.11. The third-order valence-electron chi connectivity index (χ3n) is 3.89. The van der Waals surface area contributed by atoms with Crippen LogP contribution in [0.5, 0.6) is 0 Å². The van der Waals surface area contributed by atoms with Gasteiger partial charge in [0.1, 0.15) is 10.8 Å². The normalized spacial score (nSPS) is 10.7. The Kier molecular flexibility index (Phi) is 6.09. The number of thiazole rings is 1. The summed E-state index contributed by atoms with van der Waals surface area (Å²) in [6, 6.07) is 15.9. The van der Waals surface area contributed by atoms with Crippen molar-refractivity contribution < 1.29 is 14.3 Å². The molecule has 3 aromatic rings. The Morgan fingerprint density at radius 1 is 1.15 bits per heavy atom. The van der Waals surface area contributed by atoms with E-state index in [1.165, 1.54) is 23.5 Å². The number of aliphatic hydroxyl groups excluding tert-OH is 1. The number of hydrogen-bond donors (Lipinski definition) is 1. The number of amides is 1. The van der Waals surface area contributed by atoms with Crippen molar-refractivity contribution in [2.75, 3.05) is 13.2 Å². The van der Waals surface area contributed by atoms with Gasteiger partial charge >= 0.3 is 0 Å². The molecule has 0 aliphatic rings. The number of carbonyl (C=O) groups excluding carboxylic acids is 1. The first kappa shape index (κ1) is 18.2. The van der Waals surface area contributed by atoms with E-state index in [0.29, 0.717) is 22.8 Å². The van der Waals surface area contributed by atoms with Crippen LogP contribution in [0.15, 0.2) is 60.0 Å². The molecule has 0 aliphatic heterocycles. The zero-order valence-corrected chi connectivity index (χ0v) is 15.0. The van der Waals surface area contributed by atoms with Crippen LogP contribution in [-0.2, 0) is 17.8 Å². The molecule has 26 heavy (non-hydrogen) atoms. The molecular formula is C20H19FN2O2S. The molecule has 0 spiro atoms. The van der Waals surface area contributed by atoms with Crippen LogP contribution in [0.1, 0.15) is 11.3 Å². The third-order valence-corrected chi connectivity index (χ3v) is 4.83. The fraction of sp³-hybridized carbons (Fsp3) is 0.200. The average molecular weight is 370 g/mol. The number of aromatic nitrogens is 1. The molecule has 0 fully saturated rings. The molecule has 1 N–H and O–H groups in total. The van der Waals surface area contributed by atoms with Crippen molar-refractivity contribution in [3.63, 3.8) is 0 Å². The van der Waals surface area contributed by atoms with E-state index < -0.39 is 0 Å². The van der Waals surface area contributed by atoms with Gasteiger partial charge in [0.25, 0.3) is 0 Å². The highest BCUT2D eigenvalue weighted by Gasteiger charge is 2.16. The van der Waals surface area contributed by atoms with Crippen molar-refractivity contribution in [1.82, 2.24) is 9.88 Å². The minimum Gasteiger partial charge on any atom is -0.395 e. The van der Waals surface area contributed by atoms with Gasteiger partial charge in [-0.25, -0.2) is 9.37 Å². The van der Waals surface area contributed by atoms with E-state index in [1.54, 1.807) is 17.0 Å². The van der Waals surface area contributed by atoms with Gasteiger partial charge < -0.3 is 10.0 Å². The summed E-state index contributed by atoms with van der Waals surface area (Å²) in [5.41, 5.74) is 2.36. The number of nitrogens with zero attached hydrogens (tertiary/aromatic N) is 2. The number of carbonyl (C=O) groups is 1. The Bertz CT molecular complexity index is 867. The summed E-state index contributed by atoms with van der Waals surface area (Å²) in [7, 11) is 0. The van der Waals surface area contributed by atoms with Gasteiger partial charge in [0, 0.05) is 24.0 Å². The summed E-state index contributed by atoms with van der Waals surface area (Å²) >= 11 is 1.38. The van der Waals surface area contributed by atoms with Crippen LogP contribution in [0.3, 0.4) is 0 Å². The summed E-state index contributed by atoms with van der Waals surface area (Å²) in [6.45, 7) is 0.625. The smallest absolute Gasteiger partial charge is 0.228 e. The summed E-state index contributed by atoms with van der Waals surface area (Å²) < 4.78 is 13.4. The second-order valence-electron chi connectivity index (χ2n) is 5.86. The van der Waals surface area contributed by atoms with Crippen LogP contribution in [0.4, 0.5) is 4.39 Å². The lowest BCUT2D eigenvalue weighted by molar-refractivity contribution is -0.131. The standard InChI is InChI=1S/C20H19FN2O2S/c21-17-8-4-7-16(11-17)20-22-18(14-26-20)12-19(25)23(9-10-24)13-15-5-2-1-3-6-15/h1-8,11,14,24H,9-10,12-13H2. The molecule has 0 atom stereocenters. The van der Waals surface area contributed by atoms with Gasteiger partial charge in [-0.1, -0.05) is 42.5 Å². The summed E-state index contributed by atoms with van der Waals surface area (Å²) in [4.78, 5) is 18.7. The quantitative estimate of drug-likeness (QED) is 0.692. The molecule has 4 nitrogen and oxygen atoms in total. The van der Waals surface area contributed by atoms with Crippen molar-refractivity contribution in [3.8, 4) is 10.6 Å². The Morgan fingerprint density at radius 3 is 2.69 bits per heavy atom. The fourth-order valence-electron chi connectivity index (χ4n) is 2.63. The Labute approximate surface area is 155 Å². The SMILES string of the molecule is O=C(Cc1csc(-c2cccc(F)c2)n1)N(CCO)Cc1ccccc1. The lowest BCUT2D eigenvalue weighted by atomic mass is 10.2. The minimum absolute atomic E-state index is 0.0931. The lowest BCUT2D eigenvalue weighted by Gasteiger charge is -2.21. The first-order valence-electron chi connectivity index (χ1n) is 8.28. The van der Waals surface area contributed by atoms with Crippen molar-refractivity contribution in [3.05, 3.63) is 77.1 Å². The first-order chi connectivity index (χ1) is 12.7. The molecule has 0 saturated carbocycles. The number of halogens is 1. The van der Waals surface area contributed by atoms with Crippen LogP contribution in [0, 0.1) is 5.82 Å². The Hall–Kier alpha value is -2.57. The van der Waals surface area contributed by atoms with Crippen LogP contribution in [0.25, 0.3) is 10.6 Å². The predicted octanol–water partition coefficient (Wildman–Crippen LogP) is 3.51. The molecule has 2 aromatic carbocycles. The zero-order valence-electron chi connectivity index (χ0n) is 14.1. The van der Waals surface area contributed by atoms with Crippen LogP contribution in [-0.4, -0.2) is 34.0 Å². The van der Waals surface area contributed by atoms with Crippen LogP contribution < -0.4 is 0 Å². The molecule has 1 amide bonds. The molecule has 3 rings (SSSR count). The molecule has 134 valence electrons. The summed E-state index contributed by atoms with van der Waals surface area (Å²) in [6.07, 6.45) is 0.151. The van der Waals surface area contributed by atoms with Crippen LogP contribution in [0.2, 0.25) is 0 Å². The minimum atomic E-state index is -0.313. The number of rotatable bonds is 7. The van der Waals surface area contributed by atoms with Gasteiger partial charge in [0.05, 0.1) is 18.7 Å². The predicted molar refractivity (Wildman–Crippen MR) is 100 cm³/mol. The molecule has 0 unspecified atom stereocenters. The van der Waals surface area contributed by atoms with E-state index in [4.69, 9.17) is 0 Å². The molecule has 0 saturated heterocycles. The van der Waals surface area contributed by atoms with E-state index in [-0.39, 0.29) is 31.3 Å². The van der Waals surface area contributed by atoms with E-state index in [1.807, 2.05) is 35.7 Å². The van der Waals surface area contributed by atoms with Gasteiger partial charge in [0.15, 0.2) is 0 Å². The van der Waals surface area contributed by atoms with E-state index >= 15 is 0 Å². The highest BCUT2D eigenvalue weighted by molar-refractivity contribution is 7.13. The Balaban J connectivity index is 1.69. The third kappa shape index (κ3) is 4.74. The van der Waals surface area contributed by atoms with Crippen molar-refractivity contribution in [2.24, 2.45) is 0 Å². The first-order valence-corrected chi connectivity index (χ1v) is 9.16. The maximum absolute atomic E-state index is 13.4. The molecular weight excluding hydrogens is 351 g/mol. The lowest BCUT2D eigenvalue weighted by Crippen LogP contribution is -2.34. The largest absolute Gasteiger partial charge is 0.395 e. The van der Waals surface area contributed by atoms with Gasteiger partial charge in [0.2, 0.25) is 5.91 Å². The molecule has 1 aromatic heterocycles. The molecule has 1 heterocycles. The maximum atomic E-state index is 13.4. The van der Waals surface area contributed by atoms with Gasteiger partial charge in [-0.05, 0) is 17.7 Å². The zero-order chi connectivity index (χ0) is 18.4. The van der Waals surface area contributed by atoms with Crippen LogP contribution >= 0.6 is 11.3 Å². The fourth-order valence-corrected chi connectivity index (χ4v) is 3.44. The van der Waals surface area contributed by atoms with Crippen molar-refractivity contribution >= 4 is 17.2 Å². The molecule has 0 radical (unpaired) electrons. The van der Waals surface area contributed by atoms with Gasteiger partial charge in [-0.15, -0.1) is 11.3 Å². The molecule has 0 bridgehead atoms. The van der Waals surface area contributed by atoms with Crippen molar-refractivity contribution in [2.45, 2.75) is 13.0 Å². The monoisotopic (exact) mass is 370 g/mol. The number of hydrogen-bond acceptors (Lipinski definition) is 4. The summed E-state index contributed by atoms with van der Waals surface area (Å²) in [5, 5.41) is 11.8. The van der Waals surface area contributed by atoms with Gasteiger partial charge in [-0.2, -0.15) is 0 Å². The second-order valence-corrected chi connectivity index (χ2v) is 6.71. The van der Waals surface area contributed by atoms with Crippen molar-refractivity contribution in [1.29, 1.82) is 0 Å². The van der Waals surface area contributed by atoms with Gasteiger partial charge in [-0.3, -0.25) is 4.79 Å².